The smallest absolute Gasteiger partial charge is 0.139 e. The Morgan fingerprint density at radius 3 is 2.80 bits per heavy atom. The summed E-state index contributed by atoms with van der Waals surface area (Å²) in [6.07, 6.45) is 2.45. The van der Waals surface area contributed by atoms with Gasteiger partial charge in [0.1, 0.15) is 22.7 Å². The Hall–Kier alpha value is -1.66. The molecule has 2 heterocycles. The largest absolute Gasteiger partial charge is 0.508 e. The Kier molecular flexibility index (Phi) is 3.84. The number of nitrogens with zero attached hydrogens (tertiary/aromatic N) is 2. The molecule has 4 nitrogen and oxygen atoms in total. The maximum Gasteiger partial charge on any atom is 0.139 e. The van der Waals surface area contributed by atoms with E-state index >= 15 is 0 Å². The molecule has 102 valence electrons. The minimum Gasteiger partial charge on any atom is -0.508 e. The minimum absolute atomic E-state index is 0.293. The molecule has 2 N–H and O–H groups in total. The van der Waals surface area contributed by atoms with Gasteiger partial charge in [-0.25, -0.2) is 9.97 Å². The van der Waals surface area contributed by atoms with Crippen molar-refractivity contribution >= 4 is 43.3 Å². The molecule has 0 atom stereocenters. The number of hydrogen-bond acceptors (Lipinski definition) is 5. The number of fused-ring (bicyclic) bond motifs is 1. The number of rotatable bonds is 4. The van der Waals surface area contributed by atoms with Crippen molar-refractivity contribution in [2.75, 3.05) is 11.9 Å². The summed E-state index contributed by atoms with van der Waals surface area (Å²) < 4.78 is 1.02. The third-order valence-corrected chi connectivity index (χ3v) is 4.78. The first-order valence-corrected chi connectivity index (χ1v) is 7.81. The molecule has 0 amide bonds. The summed E-state index contributed by atoms with van der Waals surface area (Å²) in [5.41, 5.74) is 1.17. The summed E-state index contributed by atoms with van der Waals surface area (Å²) in [5, 5.41) is 15.6. The van der Waals surface area contributed by atoms with Crippen LogP contribution in [0.25, 0.3) is 10.2 Å². The van der Waals surface area contributed by atoms with E-state index in [1.165, 1.54) is 5.56 Å². The van der Waals surface area contributed by atoms with Crippen molar-refractivity contribution in [3.05, 3.63) is 46.0 Å². The van der Waals surface area contributed by atoms with Crippen molar-refractivity contribution in [3.63, 3.8) is 0 Å². The van der Waals surface area contributed by atoms with Crippen LogP contribution in [0.15, 0.2) is 40.4 Å². The van der Waals surface area contributed by atoms with Gasteiger partial charge in [0.05, 0.1) is 5.39 Å². The zero-order valence-corrected chi connectivity index (χ0v) is 12.9. The fourth-order valence-electron chi connectivity index (χ4n) is 1.96. The Bertz CT molecular complexity index is 727. The van der Waals surface area contributed by atoms with Gasteiger partial charge < -0.3 is 10.4 Å². The van der Waals surface area contributed by atoms with E-state index in [-0.39, 0.29) is 0 Å². The van der Waals surface area contributed by atoms with Gasteiger partial charge in [-0.3, -0.25) is 0 Å². The number of hydrogen-bond donors (Lipinski definition) is 2. The van der Waals surface area contributed by atoms with E-state index in [9.17, 15) is 5.11 Å². The van der Waals surface area contributed by atoms with Gasteiger partial charge >= 0.3 is 0 Å². The van der Waals surface area contributed by atoms with Crippen molar-refractivity contribution in [1.82, 2.24) is 9.97 Å². The van der Waals surface area contributed by atoms with Crippen molar-refractivity contribution in [2.24, 2.45) is 0 Å². The van der Waals surface area contributed by atoms with Crippen molar-refractivity contribution in [1.29, 1.82) is 0 Å². The average molecular weight is 350 g/mol. The Labute approximate surface area is 128 Å². The lowest BCUT2D eigenvalue weighted by Crippen LogP contribution is -2.06. The van der Waals surface area contributed by atoms with Crippen LogP contribution in [0.2, 0.25) is 0 Å². The number of phenolic OH excluding ortho intramolecular Hbond substituents is 1. The van der Waals surface area contributed by atoms with Crippen LogP contribution in [0.5, 0.6) is 5.75 Å². The number of aromatic nitrogens is 2. The number of halogens is 1. The predicted molar refractivity (Wildman–Crippen MR) is 85.4 cm³/mol. The molecule has 2 aromatic heterocycles. The van der Waals surface area contributed by atoms with Crippen molar-refractivity contribution in [3.8, 4) is 5.75 Å². The molecule has 0 aliphatic carbocycles. The molecule has 0 saturated heterocycles. The SMILES string of the molecule is Oc1ccc(CCNc2ncnc3scc(Br)c23)cc1. The fraction of sp³-hybridized carbons (Fsp3) is 0.143. The van der Waals surface area contributed by atoms with E-state index in [1.54, 1.807) is 29.8 Å². The van der Waals surface area contributed by atoms with E-state index in [2.05, 4.69) is 31.2 Å². The monoisotopic (exact) mass is 349 g/mol. The first-order chi connectivity index (χ1) is 9.74. The van der Waals surface area contributed by atoms with Gasteiger partial charge in [0.15, 0.2) is 0 Å². The van der Waals surface area contributed by atoms with Gasteiger partial charge in [-0.15, -0.1) is 11.3 Å². The first-order valence-electron chi connectivity index (χ1n) is 6.13. The van der Waals surface area contributed by atoms with E-state index in [4.69, 9.17) is 0 Å². The maximum atomic E-state index is 9.25. The second-order valence-electron chi connectivity index (χ2n) is 4.33. The van der Waals surface area contributed by atoms with Crippen molar-refractivity contribution in [2.45, 2.75) is 6.42 Å². The van der Waals surface area contributed by atoms with Crippen LogP contribution in [-0.2, 0) is 6.42 Å². The van der Waals surface area contributed by atoms with Crippen LogP contribution in [0.3, 0.4) is 0 Å². The standard InChI is InChI=1S/C14H12BrN3OS/c15-11-7-20-14-12(11)13(17-8-18-14)16-6-5-9-1-3-10(19)4-2-9/h1-4,7-8,19H,5-6H2,(H,16,17,18). The Morgan fingerprint density at radius 2 is 2.00 bits per heavy atom. The molecule has 0 radical (unpaired) electrons. The quantitative estimate of drug-likeness (QED) is 0.751. The van der Waals surface area contributed by atoms with Crippen LogP contribution in [0, 0.1) is 0 Å². The van der Waals surface area contributed by atoms with Crippen LogP contribution >= 0.6 is 27.3 Å². The highest BCUT2D eigenvalue weighted by atomic mass is 79.9. The molecule has 0 aliphatic rings. The van der Waals surface area contributed by atoms with Crippen LogP contribution in [0.1, 0.15) is 5.56 Å². The van der Waals surface area contributed by atoms with Crippen molar-refractivity contribution < 1.29 is 5.11 Å². The highest BCUT2D eigenvalue weighted by molar-refractivity contribution is 9.10. The number of phenols is 1. The van der Waals surface area contributed by atoms with E-state index in [0.717, 1.165) is 33.5 Å². The number of aromatic hydroxyl groups is 1. The van der Waals surface area contributed by atoms with Gasteiger partial charge in [0.25, 0.3) is 0 Å². The molecule has 3 rings (SSSR count). The summed E-state index contributed by atoms with van der Waals surface area (Å²) in [7, 11) is 0. The summed E-state index contributed by atoms with van der Waals surface area (Å²) in [4.78, 5) is 9.52. The fourth-order valence-corrected chi connectivity index (χ4v) is 3.52. The minimum atomic E-state index is 0.293. The predicted octanol–water partition coefficient (Wildman–Crippen LogP) is 3.81. The summed E-state index contributed by atoms with van der Waals surface area (Å²) in [5.74, 6) is 1.14. The summed E-state index contributed by atoms with van der Waals surface area (Å²) in [6, 6.07) is 7.25. The molecule has 6 heteroatoms. The lowest BCUT2D eigenvalue weighted by Gasteiger charge is -2.07. The highest BCUT2D eigenvalue weighted by Crippen LogP contribution is 2.32. The second kappa shape index (κ2) is 5.76. The molecular weight excluding hydrogens is 338 g/mol. The zero-order chi connectivity index (χ0) is 13.9. The van der Waals surface area contributed by atoms with Crippen LogP contribution in [0.4, 0.5) is 5.82 Å². The van der Waals surface area contributed by atoms with E-state index < -0.39 is 0 Å². The van der Waals surface area contributed by atoms with Crippen LogP contribution < -0.4 is 5.32 Å². The summed E-state index contributed by atoms with van der Waals surface area (Å²) in [6.45, 7) is 0.777. The van der Waals surface area contributed by atoms with Gasteiger partial charge in [-0.05, 0) is 40.0 Å². The third-order valence-electron chi connectivity index (χ3n) is 2.97. The molecule has 0 spiro atoms. The molecule has 0 aliphatic heterocycles. The lowest BCUT2D eigenvalue weighted by molar-refractivity contribution is 0.475. The number of anilines is 1. The molecule has 1 aromatic carbocycles. The molecular formula is C14H12BrN3OS. The average Bonchev–Trinajstić information content (AvgIpc) is 2.84. The van der Waals surface area contributed by atoms with Gasteiger partial charge in [0, 0.05) is 16.4 Å². The molecule has 20 heavy (non-hydrogen) atoms. The first kappa shape index (κ1) is 13.3. The number of thiophene rings is 1. The zero-order valence-electron chi connectivity index (χ0n) is 10.5. The normalized spacial score (nSPS) is 10.8. The molecule has 3 aromatic rings. The lowest BCUT2D eigenvalue weighted by atomic mass is 10.1. The molecule has 0 saturated carbocycles. The van der Waals surface area contributed by atoms with Crippen LogP contribution in [-0.4, -0.2) is 21.6 Å². The topological polar surface area (TPSA) is 58.0 Å². The number of nitrogens with one attached hydrogen (secondary N) is 1. The molecule has 0 fully saturated rings. The summed E-state index contributed by atoms with van der Waals surface area (Å²) >= 11 is 5.12. The molecule has 0 bridgehead atoms. The number of benzene rings is 1. The second-order valence-corrected chi connectivity index (χ2v) is 6.04. The van der Waals surface area contributed by atoms with E-state index in [0.29, 0.717) is 5.75 Å². The van der Waals surface area contributed by atoms with Gasteiger partial charge in [-0.2, -0.15) is 0 Å². The third kappa shape index (κ3) is 2.76. The van der Waals surface area contributed by atoms with E-state index in [1.807, 2.05) is 17.5 Å². The van der Waals surface area contributed by atoms with Gasteiger partial charge in [-0.1, -0.05) is 12.1 Å². The maximum absolute atomic E-state index is 9.25. The molecule has 0 unspecified atom stereocenters. The van der Waals surface area contributed by atoms with Gasteiger partial charge in [0.2, 0.25) is 0 Å². The Morgan fingerprint density at radius 1 is 1.20 bits per heavy atom. The Balaban J connectivity index is 1.71. The highest BCUT2D eigenvalue weighted by Gasteiger charge is 2.08.